The molecule has 3 nitrogen and oxygen atoms in total. The molecule has 0 aliphatic heterocycles. The van der Waals surface area contributed by atoms with Crippen molar-refractivity contribution in [2.75, 3.05) is 6.54 Å². The molecule has 3 heteroatoms. The van der Waals surface area contributed by atoms with Gasteiger partial charge in [0.1, 0.15) is 0 Å². The Kier molecular flexibility index (Phi) is 4.32. The van der Waals surface area contributed by atoms with Gasteiger partial charge in [0.05, 0.1) is 6.04 Å². The van der Waals surface area contributed by atoms with Crippen LogP contribution in [-0.4, -0.2) is 18.5 Å². The van der Waals surface area contributed by atoms with Crippen molar-refractivity contribution in [1.82, 2.24) is 5.32 Å². The van der Waals surface area contributed by atoms with Crippen LogP contribution in [0.3, 0.4) is 0 Å². The number of carbonyl (C=O) groups is 1. The Bertz CT molecular complexity index is 171. The summed E-state index contributed by atoms with van der Waals surface area (Å²) < 4.78 is 0. The molecule has 0 aromatic rings. The third kappa shape index (κ3) is 3.64. The van der Waals surface area contributed by atoms with Crippen molar-refractivity contribution in [1.29, 1.82) is 0 Å². The number of carbonyl (C=O) groups excluding carboxylic acids is 1. The third-order valence-corrected chi connectivity index (χ3v) is 1.41. The van der Waals surface area contributed by atoms with Crippen LogP contribution in [0.5, 0.6) is 0 Å². The second kappa shape index (κ2) is 4.75. The molecule has 3 N–H and O–H groups in total. The molecule has 2 unspecified atom stereocenters. The zero-order chi connectivity index (χ0) is 8.85. The lowest BCUT2D eigenvalue weighted by Crippen LogP contribution is -2.38. The molecule has 0 aliphatic rings. The van der Waals surface area contributed by atoms with Crippen molar-refractivity contribution in [2.24, 2.45) is 11.7 Å². The maximum Gasteiger partial charge on any atom is 0.225 e. The van der Waals surface area contributed by atoms with E-state index >= 15 is 0 Å². The van der Waals surface area contributed by atoms with E-state index in [1.807, 2.05) is 0 Å². The van der Waals surface area contributed by atoms with Crippen LogP contribution in [0.2, 0.25) is 0 Å². The maximum absolute atomic E-state index is 11.1. The van der Waals surface area contributed by atoms with E-state index in [4.69, 9.17) is 12.2 Å². The highest BCUT2D eigenvalue weighted by molar-refractivity contribution is 5.79. The fourth-order valence-corrected chi connectivity index (χ4v) is 0.504. The normalized spacial score (nSPS) is 14.7. The largest absolute Gasteiger partial charge is 0.342 e. The summed E-state index contributed by atoms with van der Waals surface area (Å²) in [6.07, 6.45) is 5.07. The topological polar surface area (TPSA) is 55.1 Å². The lowest BCUT2D eigenvalue weighted by molar-refractivity contribution is -0.124. The van der Waals surface area contributed by atoms with Gasteiger partial charge < -0.3 is 11.1 Å². The monoisotopic (exact) mass is 154 g/mol. The van der Waals surface area contributed by atoms with E-state index in [2.05, 4.69) is 11.2 Å². The van der Waals surface area contributed by atoms with E-state index in [0.29, 0.717) is 6.54 Å². The smallest absolute Gasteiger partial charge is 0.225 e. The van der Waals surface area contributed by atoms with Crippen LogP contribution in [0, 0.1) is 18.3 Å². The van der Waals surface area contributed by atoms with Gasteiger partial charge in [-0.25, -0.2) is 0 Å². The maximum atomic E-state index is 11.1. The number of hydrogen-bond donors (Lipinski definition) is 2. The molecule has 0 fully saturated rings. The van der Waals surface area contributed by atoms with Gasteiger partial charge in [-0.1, -0.05) is 12.8 Å². The van der Waals surface area contributed by atoms with Gasteiger partial charge in [-0.2, -0.15) is 0 Å². The second-order valence-electron chi connectivity index (χ2n) is 2.53. The van der Waals surface area contributed by atoms with Crippen molar-refractivity contribution in [3.63, 3.8) is 0 Å². The molecule has 1 amide bonds. The van der Waals surface area contributed by atoms with E-state index in [1.54, 1.807) is 13.8 Å². The predicted octanol–water partition coefficient (Wildman–Crippen LogP) is -0.281. The minimum Gasteiger partial charge on any atom is -0.342 e. The minimum absolute atomic E-state index is 0.0852. The summed E-state index contributed by atoms with van der Waals surface area (Å²) in [4.78, 5) is 11.1. The molecule has 0 aromatic carbocycles. The Labute approximate surface area is 67.3 Å². The van der Waals surface area contributed by atoms with Crippen molar-refractivity contribution < 1.29 is 4.79 Å². The van der Waals surface area contributed by atoms with Crippen LogP contribution in [-0.2, 0) is 4.79 Å². The van der Waals surface area contributed by atoms with Gasteiger partial charge in [0.25, 0.3) is 0 Å². The zero-order valence-corrected chi connectivity index (χ0v) is 6.92. The van der Waals surface area contributed by atoms with Crippen LogP contribution in [0.25, 0.3) is 0 Å². The van der Waals surface area contributed by atoms with Crippen LogP contribution >= 0.6 is 0 Å². The van der Waals surface area contributed by atoms with E-state index < -0.39 is 0 Å². The summed E-state index contributed by atoms with van der Waals surface area (Å²) in [7, 11) is 0. The SMILES string of the molecule is C#CC(C)NC(=O)C(C)CN. The molecule has 0 heterocycles. The molecule has 11 heavy (non-hydrogen) atoms. The Morgan fingerprint density at radius 3 is 2.64 bits per heavy atom. The highest BCUT2D eigenvalue weighted by Crippen LogP contribution is 1.91. The van der Waals surface area contributed by atoms with Crippen molar-refractivity contribution >= 4 is 5.91 Å². The Hall–Kier alpha value is -1.01. The predicted molar refractivity (Wildman–Crippen MR) is 44.7 cm³/mol. The van der Waals surface area contributed by atoms with E-state index in [-0.39, 0.29) is 17.9 Å². The van der Waals surface area contributed by atoms with Crippen LogP contribution in [0.15, 0.2) is 0 Å². The number of hydrogen-bond acceptors (Lipinski definition) is 2. The lowest BCUT2D eigenvalue weighted by atomic mass is 10.1. The second-order valence-corrected chi connectivity index (χ2v) is 2.53. The Morgan fingerprint density at radius 2 is 2.27 bits per heavy atom. The minimum atomic E-state index is -0.212. The summed E-state index contributed by atoms with van der Waals surface area (Å²) in [5.74, 6) is 2.16. The average molecular weight is 154 g/mol. The van der Waals surface area contributed by atoms with Crippen LogP contribution in [0.1, 0.15) is 13.8 Å². The van der Waals surface area contributed by atoms with Crippen LogP contribution in [0.4, 0.5) is 0 Å². The molecule has 62 valence electrons. The fraction of sp³-hybridized carbons (Fsp3) is 0.625. The van der Waals surface area contributed by atoms with E-state index in [0.717, 1.165) is 0 Å². The molecular weight excluding hydrogens is 140 g/mol. The Balaban J connectivity index is 3.80. The first-order valence-electron chi connectivity index (χ1n) is 3.58. The Morgan fingerprint density at radius 1 is 1.73 bits per heavy atom. The quantitative estimate of drug-likeness (QED) is 0.549. The number of nitrogens with one attached hydrogen (secondary N) is 1. The first-order valence-corrected chi connectivity index (χ1v) is 3.58. The number of terminal acetylenes is 1. The van der Waals surface area contributed by atoms with Gasteiger partial charge in [-0.05, 0) is 6.92 Å². The first kappa shape index (κ1) is 9.99. The summed E-state index contributed by atoms with van der Waals surface area (Å²) in [6, 6.07) is -0.212. The molecule has 0 spiro atoms. The highest BCUT2D eigenvalue weighted by Gasteiger charge is 2.11. The van der Waals surface area contributed by atoms with Crippen molar-refractivity contribution in [2.45, 2.75) is 19.9 Å². The first-order chi connectivity index (χ1) is 5.11. The lowest BCUT2D eigenvalue weighted by Gasteiger charge is -2.11. The number of rotatable bonds is 3. The van der Waals surface area contributed by atoms with E-state index in [1.165, 1.54) is 0 Å². The molecule has 0 saturated carbocycles. The standard InChI is InChI=1S/C8H14N2O/c1-4-7(3)10-8(11)6(2)5-9/h1,6-7H,5,9H2,2-3H3,(H,10,11). The average Bonchev–Trinajstić information content (AvgIpc) is 2.02. The summed E-state index contributed by atoms with van der Waals surface area (Å²) >= 11 is 0. The molecule has 2 atom stereocenters. The zero-order valence-electron chi connectivity index (χ0n) is 6.92. The molecular formula is C8H14N2O. The van der Waals surface area contributed by atoms with Gasteiger partial charge in [0.2, 0.25) is 5.91 Å². The molecule has 0 rings (SSSR count). The fourth-order valence-electron chi connectivity index (χ4n) is 0.504. The summed E-state index contributed by atoms with van der Waals surface area (Å²) in [5.41, 5.74) is 5.28. The molecule has 0 radical (unpaired) electrons. The molecule has 0 saturated heterocycles. The van der Waals surface area contributed by atoms with E-state index in [9.17, 15) is 4.79 Å². The molecule has 0 bridgehead atoms. The summed E-state index contributed by atoms with van der Waals surface area (Å²) in [6.45, 7) is 3.86. The third-order valence-electron chi connectivity index (χ3n) is 1.41. The van der Waals surface area contributed by atoms with Crippen molar-refractivity contribution in [3.8, 4) is 12.3 Å². The molecule has 0 aromatic heterocycles. The number of nitrogens with two attached hydrogens (primary N) is 1. The van der Waals surface area contributed by atoms with Gasteiger partial charge in [-0.15, -0.1) is 6.42 Å². The summed E-state index contributed by atoms with van der Waals surface area (Å²) in [5, 5.41) is 2.63. The highest BCUT2D eigenvalue weighted by atomic mass is 16.1. The number of amides is 1. The van der Waals surface area contributed by atoms with Crippen molar-refractivity contribution in [3.05, 3.63) is 0 Å². The van der Waals surface area contributed by atoms with Gasteiger partial charge in [-0.3, -0.25) is 4.79 Å². The van der Waals surface area contributed by atoms with Gasteiger partial charge in [0, 0.05) is 12.5 Å². The molecule has 0 aliphatic carbocycles. The van der Waals surface area contributed by atoms with Gasteiger partial charge >= 0.3 is 0 Å². The van der Waals surface area contributed by atoms with Gasteiger partial charge in [0.15, 0.2) is 0 Å². The van der Waals surface area contributed by atoms with Crippen LogP contribution < -0.4 is 11.1 Å².